The van der Waals surface area contributed by atoms with E-state index in [0.29, 0.717) is 5.56 Å². The van der Waals surface area contributed by atoms with Gasteiger partial charge in [0, 0.05) is 6.04 Å². The van der Waals surface area contributed by atoms with Crippen LogP contribution in [0, 0.1) is 6.92 Å². The zero-order valence-electron chi connectivity index (χ0n) is 12.2. The highest BCUT2D eigenvalue weighted by molar-refractivity contribution is 7.98. The topological polar surface area (TPSA) is 12.0 Å². The molecule has 0 aliphatic rings. The lowest BCUT2D eigenvalue weighted by Gasteiger charge is -2.21. The Hall–Kier alpha value is -0.680. The van der Waals surface area contributed by atoms with E-state index in [1.807, 2.05) is 6.26 Å². The van der Waals surface area contributed by atoms with Gasteiger partial charge in [0.25, 0.3) is 0 Å². The van der Waals surface area contributed by atoms with Crippen molar-refractivity contribution in [3.63, 3.8) is 0 Å². The summed E-state index contributed by atoms with van der Waals surface area (Å²) in [5, 5.41) is 3.42. The van der Waals surface area contributed by atoms with Gasteiger partial charge < -0.3 is 5.32 Å². The summed E-state index contributed by atoms with van der Waals surface area (Å²) in [6.45, 7) is 4.71. The second-order valence-corrected chi connectivity index (χ2v) is 5.84. The molecule has 0 saturated carbocycles. The van der Waals surface area contributed by atoms with Crippen LogP contribution in [0.2, 0.25) is 0 Å². The predicted octanol–water partition coefficient (Wildman–Crippen LogP) is 4.81. The van der Waals surface area contributed by atoms with Gasteiger partial charge in [-0.1, -0.05) is 13.0 Å². The van der Waals surface area contributed by atoms with Crippen LogP contribution in [0.25, 0.3) is 0 Å². The first-order valence-electron chi connectivity index (χ1n) is 6.80. The summed E-state index contributed by atoms with van der Waals surface area (Å²) in [6, 6.07) is 4.17. The molecule has 0 saturated heterocycles. The van der Waals surface area contributed by atoms with Crippen molar-refractivity contribution in [1.82, 2.24) is 5.32 Å². The Morgan fingerprint density at radius 2 is 2.00 bits per heavy atom. The molecule has 0 spiro atoms. The second-order valence-electron chi connectivity index (χ2n) is 4.86. The maximum absolute atomic E-state index is 12.7. The lowest BCUT2D eigenvalue weighted by Crippen LogP contribution is -2.23. The third-order valence-electron chi connectivity index (χ3n) is 3.22. The van der Waals surface area contributed by atoms with E-state index in [1.54, 1.807) is 24.8 Å². The highest BCUT2D eigenvalue weighted by Crippen LogP contribution is 2.32. The summed E-state index contributed by atoms with van der Waals surface area (Å²) < 4.78 is 38.1. The summed E-state index contributed by atoms with van der Waals surface area (Å²) in [4.78, 5) is 0. The lowest BCUT2D eigenvalue weighted by atomic mass is 9.97. The Morgan fingerprint density at radius 1 is 1.30 bits per heavy atom. The normalized spacial score (nSPS) is 13.5. The zero-order chi connectivity index (χ0) is 15.2. The van der Waals surface area contributed by atoms with E-state index in [9.17, 15) is 13.2 Å². The van der Waals surface area contributed by atoms with Crippen LogP contribution >= 0.6 is 11.8 Å². The first kappa shape index (κ1) is 17.4. The zero-order valence-corrected chi connectivity index (χ0v) is 13.0. The minimum Gasteiger partial charge on any atom is -0.310 e. The number of alkyl halides is 3. The van der Waals surface area contributed by atoms with Crippen molar-refractivity contribution >= 4 is 11.8 Å². The molecule has 20 heavy (non-hydrogen) atoms. The van der Waals surface area contributed by atoms with Crippen LogP contribution in [0.5, 0.6) is 0 Å². The van der Waals surface area contributed by atoms with E-state index < -0.39 is 11.7 Å². The number of aryl methyl sites for hydroxylation is 1. The number of benzene rings is 1. The van der Waals surface area contributed by atoms with Gasteiger partial charge in [-0.15, -0.1) is 0 Å². The van der Waals surface area contributed by atoms with E-state index in [-0.39, 0.29) is 6.04 Å². The molecular weight excluding hydrogens is 283 g/mol. The number of thioether (sulfide) groups is 1. The molecule has 1 rings (SSSR count). The Bertz CT molecular complexity index is 410. The fraction of sp³-hybridized carbons (Fsp3) is 0.600. The fourth-order valence-electron chi connectivity index (χ4n) is 2.16. The summed E-state index contributed by atoms with van der Waals surface area (Å²) in [6.07, 6.45) is -0.297. The molecule has 0 radical (unpaired) electrons. The number of hydrogen-bond donors (Lipinski definition) is 1. The smallest absolute Gasteiger partial charge is 0.310 e. The van der Waals surface area contributed by atoms with Gasteiger partial charge in [0.15, 0.2) is 0 Å². The molecule has 1 N–H and O–H groups in total. The largest absolute Gasteiger partial charge is 0.416 e. The van der Waals surface area contributed by atoms with E-state index in [0.717, 1.165) is 30.7 Å². The van der Waals surface area contributed by atoms with Crippen molar-refractivity contribution in [3.05, 3.63) is 34.9 Å². The second kappa shape index (κ2) is 7.93. The molecular formula is C15H22F3NS. The van der Waals surface area contributed by atoms with Gasteiger partial charge in [-0.2, -0.15) is 24.9 Å². The molecule has 0 aromatic heterocycles. The van der Waals surface area contributed by atoms with E-state index in [2.05, 4.69) is 12.2 Å². The molecule has 0 aliphatic heterocycles. The van der Waals surface area contributed by atoms with E-state index >= 15 is 0 Å². The third kappa shape index (κ3) is 5.02. The third-order valence-corrected chi connectivity index (χ3v) is 3.87. The molecule has 114 valence electrons. The van der Waals surface area contributed by atoms with Crippen molar-refractivity contribution in [1.29, 1.82) is 0 Å². The van der Waals surface area contributed by atoms with Crippen molar-refractivity contribution < 1.29 is 13.2 Å². The molecule has 1 atom stereocenters. The summed E-state index contributed by atoms with van der Waals surface area (Å²) in [7, 11) is 0. The Morgan fingerprint density at radius 3 is 2.50 bits per heavy atom. The Kier molecular flexibility index (Phi) is 6.89. The van der Waals surface area contributed by atoms with Gasteiger partial charge in [0.2, 0.25) is 0 Å². The molecule has 1 aromatic rings. The van der Waals surface area contributed by atoms with Gasteiger partial charge in [-0.3, -0.25) is 0 Å². The van der Waals surface area contributed by atoms with Crippen molar-refractivity contribution in [3.8, 4) is 0 Å². The SMILES string of the molecule is CCCNC(CCSC)c1ccc(C(F)(F)F)cc1C. The van der Waals surface area contributed by atoms with Gasteiger partial charge in [0.05, 0.1) is 5.56 Å². The summed E-state index contributed by atoms with van der Waals surface area (Å²) >= 11 is 1.75. The van der Waals surface area contributed by atoms with Crippen LogP contribution in [0.3, 0.4) is 0 Å². The number of hydrogen-bond acceptors (Lipinski definition) is 2. The average Bonchev–Trinajstić information content (AvgIpc) is 2.38. The van der Waals surface area contributed by atoms with Crippen LogP contribution in [-0.4, -0.2) is 18.6 Å². The molecule has 1 nitrogen and oxygen atoms in total. The highest BCUT2D eigenvalue weighted by atomic mass is 32.2. The highest BCUT2D eigenvalue weighted by Gasteiger charge is 2.31. The van der Waals surface area contributed by atoms with Crippen LogP contribution in [-0.2, 0) is 6.18 Å². The van der Waals surface area contributed by atoms with Crippen LogP contribution in [0.4, 0.5) is 13.2 Å². The Balaban J connectivity index is 2.95. The van der Waals surface area contributed by atoms with E-state index in [4.69, 9.17) is 0 Å². The van der Waals surface area contributed by atoms with Gasteiger partial charge in [-0.05, 0) is 61.6 Å². The molecule has 0 bridgehead atoms. The first-order valence-corrected chi connectivity index (χ1v) is 8.19. The van der Waals surface area contributed by atoms with Gasteiger partial charge in [-0.25, -0.2) is 0 Å². The maximum Gasteiger partial charge on any atom is 0.416 e. The molecule has 1 unspecified atom stereocenters. The monoisotopic (exact) mass is 305 g/mol. The number of halogens is 3. The molecule has 0 aliphatic carbocycles. The minimum atomic E-state index is -4.27. The minimum absolute atomic E-state index is 0.129. The summed E-state index contributed by atoms with van der Waals surface area (Å²) in [5.74, 6) is 0.988. The fourth-order valence-corrected chi connectivity index (χ4v) is 2.64. The lowest BCUT2D eigenvalue weighted by molar-refractivity contribution is -0.137. The quantitative estimate of drug-likeness (QED) is 0.776. The number of rotatable bonds is 7. The number of nitrogens with one attached hydrogen (secondary N) is 1. The van der Waals surface area contributed by atoms with Gasteiger partial charge in [0.1, 0.15) is 0 Å². The van der Waals surface area contributed by atoms with Crippen LogP contribution in [0.15, 0.2) is 18.2 Å². The van der Waals surface area contributed by atoms with Gasteiger partial charge >= 0.3 is 6.18 Å². The van der Waals surface area contributed by atoms with E-state index in [1.165, 1.54) is 12.1 Å². The molecule has 0 amide bonds. The maximum atomic E-state index is 12.7. The van der Waals surface area contributed by atoms with Crippen LogP contribution in [0.1, 0.15) is 42.5 Å². The Labute approximate surface area is 123 Å². The van der Waals surface area contributed by atoms with Crippen molar-refractivity contribution in [2.45, 2.75) is 38.9 Å². The summed E-state index contributed by atoms with van der Waals surface area (Å²) in [5.41, 5.74) is 1.10. The van der Waals surface area contributed by atoms with Crippen molar-refractivity contribution in [2.75, 3.05) is 18.6 Å². The average molecular weight is 305 g/mol. The molecule has 5 heteroatoms. The van der Waals surface area contributed by atoms with Crippen LogP contribution < -0.4 is 5.32 Å². The molecule has 1 aromatic carbocycles. The molecule has 0 fully saturated rings. The predicted molar refractivity (Wildman–Crippen MR) is 80.2 cm³/mol. The first-order chi connectivity index (χ1) is 9.40. The standard InChI is InChI=1S/C15H22F3NS/c1-4-8-19-14(7-9-20-3)13-6-5-12(10-11(13)2)15(16,17)18/h5-6,10,14,19H,4,7-9H2,1-3H3. The molecule has 0 heterocycles. The van der Waals surface area contributed by atoms with Crippen molar-refractivity contribution in [2.24, 2.45) is 0 Å².